The van der Waals surface area contributed by atoms with E-state index in [4.69, 9.17) is 0 Å². The molecule has 0 unspecified atom stereocenters. The van der Waals surface area contributed by atoms with Gasteiger partial charge in [-0.25, -0.2) is 12.8 Å². The van der Waals surface area contributed by atoms with E-state index in [0.29, 0.717) is 23.4 Å². The van der Waals surface area contributed by atoms with E-state index in [-0.39, 0.29) is 11.9 Å². The number of rotatable bonds is 3. The molecule has 0 saturated carbocycles. The summed E-state index contributed by atoms with van der Waals surface area (Å²) in [5, 5.41) is 0. The molecule has 2 aromatic carbocycles. The Morgan fingerprint density at radius 2 is 1.86 bits per heavy atom. The number of sulfonamides is 1. The molecule has 0 amide bonds. The smallest absolute Gasteiger partial charge is 0.207 e. The number of hydrogen-bond donors (Lipinski definition) is 0. The van der Waals surface area contributed by atoms with Gasteiger partial charge in [0.05, 0.1) is 10.9 Å². The number of nitrogens with zero attached hydrogens (tertiary/aromatic N) is 1. The molecule has 116 valence electrons. The lowest BCUT2D eigenvalue weighted by atomic mass is 10.1. The van der Waals surface area contributed by atoms with Gasteiger partial charge in [-0.2, -0.15) is 4.31 Å². The third-order valence-electron chi connectivity index (χ3n) is 4.06. The molecule has 1 heterocycles. The van der Waals surface area contributed by atoms with Gasteiger partial charge >= 0.3 is 0 Å². The SMILES string of the molecule is Cc1ccc(S(=O)(=O)N2CCC[C@@H]2c2cccc(F)c2)cc1. The molecule has 1 saturated heterocycles. The van der Waals surface area contributed by atoms with Crippen LogP contribution in [0.3, 0.4) is 0 Å². The van der Waals surface area contributed by atoms with Crippen molar-refractivity contribution in [1.29, 1.82) is 0 Å². The van der Waals surface area contributed by atoms with Gasteiger partial charge < -0.3 is 0 Å². The first kappa shape index (κ1) is 15.2. The molecule has 0 spiro atoms. The largest absolute Gasteiger partial charge is 0.243 e. The predicted octanol–water partition coefficient (Wildman–Crippen LogP) is 3.66. The van der Waals surface area contributed by atoms with Gasteiger partial charge in [-0.3, -0.25) is 0 Å². The zero-order valence-electron chi connectivity index (χ0n) is 12.4. The highest BCUT2D eigenvalue weighted by molar-refractivity contribution is 7.89. The van der Waals surface area contributed by atoms with Crippen molar-refractivity contribution in [2.45, 2.75) is 30.7 Å². The van der Waals surface area contributed by atoms with Crippen LogP contribution in [0.4, 0.5) is 4.39 Å². The molecule has 0 radical (unpaired) electrons. The summed E-state index contributed by atoms with van der Waals surface area (Å²) in [6, 6.07) is 12.8. The average Bonchev–Trinajstić information content (AvgIpc) is 2.98. The molecule has 1 aliphatic rings. The Hall–Kier alpha value is -1.72. The van der Waals surface area contributed by atoms with E-state index in [1.807, 2.05) is 6.92 Å². The van der Waals surface area contributed by atoms with Crippen molar-refractivity contribution in [2.24, 2.45) is 0 Å². The average molecular weight is 319 g/mol. The van der Waals surface area contributed by atoms with Crippen LogP contribution in [0.1, 0.15) is 30.0 Å². The van der Waals surface area contributed by atoms with Crippen LogP contribution in [0, 0.1) is 12.7 Å². The van der Waals surface area contributed by atoms with Gasteiger partial charge in [-0.1, -0.05) is 29.8 Å². The molecule has 0 aromatic heterocycles. The fourth-order valence-corrected chi connectivity index (χ4v) is 4.60. The highest BCUT2D eigenvalue weighted by Crippen LogP contribution is 2.36. The molecule has 2 aromatic rings. The molecule has 5 heteroatoms. The Labute approximate surface area is 130 Å². The van der Waals surface area contributed by atoms with Gasteiger partial charge in [0.15, 0.2) is 0 Å². The Morgan fingerprint density at radius 3 is 2.55 bits per heavy atom. The van der Waals surface area contributed by atoms with E-state index in [9.17, 15) is 12.8 Å². The Kier molecular flexibility index (Phi) is 4.02. The van der Waals surface area contributed by atoms with Crippen LogP contribution in [0.15, 0.2) is 53.4 Å². The summed E-state index contributed by atoms with van der Waals surface area (Å²) in [6.07, 6.45) is 1.50. The molecule has 0 bridgehead atoms. The maximum Gasteiger partial charge on any atom is 0.243 e. The normalized spacial score (nSPS) is 19.5. The Balaban J connectivity index is 1.97. The fourth-order valence-electron chi connectivity index (χ4n) is 2.92. The lowest BCUT2D eigenvalue weighted by Gasteiger charge is -2.24. The van der Waals surface area contributed by atoms with E-state index < -0.39 is 10.0 Å². The quantitative estimate of drug-likeness (QED) is 0.866. The molecule has 22 heavy (non-hydrogen) atoms. The van der Waals surface area contributed by atoms with Crippen molar-refractivity contribution in [3.05, 3.63) is 65.5 Å². The lowest BCUT2D eigenvalue weighted by molar-refractivity contribution is 0.395. The minimum atomic E-state index is -3.55. The van der Waals surface area contributed by atoms with E-state index in [1.165, 1.54) is 16.4 Å². The maximum absolute atomic E-state index is 13.4. The van der Waals surface area contributed by atoms with Crippen LogP contribution in [0.5, 0.6) is 0 Å². The first-order chi connectivity index (χ1) is 10.5. The minimum absolute atomic E-state index is 0.290. The van der Waals surface area contributed by atoms with Crippen LogP contribution in [-0.2, 0) is 10.0 Å². The molecule has 3 rings (SSSR count). The summed E-state index contributed by atoms with van der Waals surface area (Å²) in [6.45, 7) is 2.39. The molecule has 1 aliphatic heterocycles. The second kappa shape index (κ2) is 5.82. The monoisotopic (exact) mass is 319 g/mol. The van der Waals surface area contributed by atoms with Crippen molar-refractivity contribution in [3.63, 3.8) is 0 Å². The van der Waals surface area contributed by atoms with Gasteiger partial charge in [-0.15, -0.1) is 0 Å². The molecule has 0 N–H and O–H groups in total. The molecule has 1 atom stereocenters. The van der Waals surface area contributed by atoms with Crippen LogP contribution in [-0.4, -0.2) is 19.3 Å². The van der Waals surface area contributed by atoms with Crippen molar-refractivity contribution >= 4 is 10.0 Å². The first-order valence-electron chi connectivity index (χ1n) is 7.32. The number of halogens is 1. The maximum atomic E-state index is 13.4. The number of hydrogen-bond acceptors (Lipinski definition) is 2. The molecule has 3 nitrogen and oxygen atoms in total. The lowest BCUT2D eigenvalue weighted by Crippen LogP contribution is -2.30. The third-order valence-corrected chi connectivity index (χ3v) is 5.99. The summed E-state index contributed by atoms with van der Waals surface area (Å²) < 4.78 is 40.6. The van der Waals surface area contributed by atoms with Crippen molar-refractivity contribution in [1.82, 2.24) is 4.31 Å². The van der Waals surface area contributed by atoms with Crippen molar-refractivity contribution in [3.8, 4) is 0 Å². The highest BCUT2D eigenvalue weighted by atomic mass is 32.2. The van der Waals surface area contributed by atoms with Crippen molar-refractivity contribution in [2.75, 3.05) is 6.54 Å². The van der Waals surface area contributed by atoms with E-state index in [2.05, 4.69) is 0 Å². The molecular formula is C17H18FNO2S. The van der Waals surface area contributed by atoms with Crippen molar-refractivity contribution < 1.29 is 12.8 Å². The standard InChI is InChI=1S/C17H18FNO2S/c1-13-7-9-16(10-8-13)22(20,21)19-11-3-6-17(19)14-4-2-5-15(18)12-14/h2,4-5,7-10,12,17H,3,6,11H2,1H3/t17-/m1/s1. The number of benzene rings is 2. The Bertz CT molecular complexity index is 772. The van der Waals surface area contributed by atoms with E-state index >= 15 is 0 Å². The molecular weight excluding hydrogens is 301 g/mol. The summed E-state index contributed by atoms with van der Waals surface area (Å²) in [5.41, 5.74) is 1.73. The van der Waals surface area contributed by atoms with Gasteiger partial charge in [0.2, 0.25) is 10.0 Å². The summed E-state index contributed by atoms with van der Waals surface area (Å²) in [7, 11) is -3.55. The summed E-state index contributed by atoms with van der Waals surface area (Å²) in [5.74, 6) is -0.336. The topological polar surface area (TPSA) is 37.4 Å². The third kappa shape index (κ3) is 2.78. The first-order valence-corrected chi connectivity index (χ1v) is 8.76. The van der Waals surface area contributed by atoms with Crippen LogP contribution < -0.4 is 0 Å². The summed E-state index contributed by atoms with van der Waals surface area (Å²) in [4.78, 5) is 0.293. The highest BCUT2D eigenvalue weighted by Gasteiger charge is 2.36. The van der Waals surface area contributed by atoms with Crippen LogP contribution in [0.2, 0.25) is 0 Å². The van der Waals surface area contributed by atoms with Gasteiger partial charge in [0, 0.05) is 6.54 Å². The van der Waals surface area contributed by atoms with Crippen LogP contribution in [0.25, 0.3) is 0 Å². The predicted molar refractivity (Wildman–Crippen MR) is 83.4 cm³/mol. The van der Waals surface area contributed by atoms with Gasteiger partial charge in [-0.05, 0) is 49.6 Å². The fraction of sp³-hybridized carbons (Fsp3) is 0.294. The van der Waals surface area contributed by atoms with E-state index in [1.54, 1.807) is 36.4 Å². The second-order valence-electron chi connectivity index (χ2n) is 5.64. The zero-order valence-corrected chi connectivity index (χ0v) is 13.2. The molecule has 0 aliphatic carbocycles. The molecule has 1 fully saturated rings. The van der Waals surface area contributed by atoms with Crippen LogP contribution >= 0.6 is 0 Å². The van der Waals surface area contributed by atoms with Gasteiger partial charge in [0.1, 0.15) is 5.82 Å². The number of aryl methyl sites for hydroxylation is 1. The second-order valence-corrected chi connectivity index (χ2v) is 7.53. The minimum Gasteiger partial charge on any atom is -0.207 e. The summed E-state index contributed by atoms with van der Waals surface area (Å²) >= 11 is 0. The Morgan fingerprint density at radius 1 is 1.14 bits per heavy atom. The van der Waals surface area contributed by atoms with Gasteiger partial charge in [0.25, 0.3) is 0 Å². The zero-order chi connectivity index (χ0) is 15.7. The van der Waals surface area contributed by atoms with E-state index in [0.717, 1.165) is 12.0 Å².